The number of alkyl halides is 2. The zero-order valence-corrected chi connectivity index (χ0v) is 38.1. The van der Waals surface area contributed by atoms with Gasteiger partial charge in [0, 0.05) is 17.7 Å². The maximum absolute atomic E-state index is 14.7. The molecular weight excluding hydrogens is 767 g/mol. The summed E-state index contributed by atoms with van der Waals surface area (Å²) in [6.45, 7) is 18.6. The first-order valence-electron chi connectivity index (χ1n) is 23.2. The molecule has 0 aromatic heterocycles. The molecule has 0 saturated heterocycles. The summed E-state index contributed by atoms with van der Waals surface area (Å²) < 4.78 is 87.8. The number of rotatable bonds is 13. The summed E-state index contributed by atoms with van der Waals surface area (Å²) in [5.74, 6) is -4.66. The molecule has 2 aliphatic rings. The van der Waals surface area contributed by atoms with Crippen molar-refractivity contribution in [3.63, 3.8) is 0 Å². The molecule has 0 heterocycles. The third-order valence-electron chi connectivity index (χ3n) is 11.7. The fourth-order valence-electron chi connectivity index (χ4n) is 8.41. The molecule has 6 rings (SSSR count). The Balaban J connectivity index is 0.000000369. The van der Waals surface area contributed by atoms with Crippen LogP contribution in [-0.4, -0.2) is 6.11 Å². The lowest BCUT2D eigenvalue weighted by Gasteiger charge is -2.39. The number of hydrogen-bond donors (Lipinski definition) is 0. The van der Waals surface area contributed by atoms with E-state index in [2.05, 4.69) is 61.9 Å². The van der Waals surface area contributed by atoms with Gasteiger partial charge in [-0.15, -0.1) is 0 Å². The summed E-state index contributed by atoms with van der Waals surface area (Å²) in [6.07, 6.45) is 11.8. The van der Waals surface area contributed by atoms with E-state index in [1.165, 1.54) is 68.9 Å². The Morgan fingerprint density at radius 2 is 1.03 bits per heavy atom. The molecule has 2 fully saturated rings. The zero-order chi connectivity index (χ0) is 44.7. The zero-order valence-electron chi connectivity index (χ0n) is 38.1. The van der Waals surface area contributed by atoms with Gasteiger partial charge in [-0.2, -0.15) is 8.78 Å². The second kappa shape index (κ2) is 28.0. The van der Waals surface area contributed by atoms with Gasteiger partial charge >= 0.3 is 6.11 Å². The van der Waals surface area contributed by atoms with Gasteiger partial charge < -0.3 is 4.74 Å². The normalized spacial score (nSPS) is 18.5. The molecule has 334 valence electrons. The average Bonchev–Trinajstić information content (AvgIpc) is 3.28. The molecule has 7 heteroatoms. The molecule has 0 radical (unpaired) electrons. The Bertz CT molecular complexity index is 1710. The molecule has 0 atom stereocenters. The SMILES string of the molecule is CC.CC.CC.CCCC1CCC(C2CCC(C(F)(F)Oc3cc(F)c(F)c(F)c3)CC2)CC1.CCCCCc1ccc(-c2ccc(-c3ccc(CC)cc3)cc2F)cc1. The van der Waals surface area contributed by atoms with Crippen molar-refractivity contribution < 1.29 is 31.1 Å². The van der Waals surface area contributed by atoms with Gasteiger partial charge in [0.25, 0.3) is 0 Å². The molecule has 2 aliphatic carbocycles. The first kappa shape index (κ1) is 52.4. The highest BCUT2D eigenvalue weighted by atomic mass is 19.3. The number of halogens is 6. The maximum atomic E-state index is 14.7. The summed E-state index contributed by atoms with van der Waals surface area (Å²) in [7, 11) is 0. The van der Waals surface area contributed by atoms with Gasteiger partial charge in [-0.25, -0.2) is 17.6 Å². The van der Waals surface area contributed by atoms with E-state index >= 15 is 0 Å². The van der Waals surface area contributed by atoms with Crippen LogP contribution in [0.2, 0.25) is 0 Å². The van der Waals surface area contributed by atoms with Gasteiger partial charge in [-0.1, -0.05) is 162 Å². The predicted octanol–water partition coefficient (Wildman–Crippen LogP) is 18.0. The minimum absolute atomic E-state index is 0.166. The van der Waals surface area contributed by atoms with E-state index in [-0.39, 0.29) is 5.82 Å². The highest BCUT2D eigenvalue weighted by Crippen LogP contribution is 2.46. The van der Waals surface area contributed by atoms with Crippen molar-refractivity contribution >= 4 is 0 Å². The van der Waals surface area contributed by atoms with Crippen molar-refractivity contribution in [3.8, 4) is 28.0 Å². The van der Waals surface area contributed by atoms with Gasteiger partial charge in [0.05, 0.1) is 5.92 Å². The van der Waals surface area contributed by atoms with E-state index in [1.807, 2.05) is 65.8 Å². The average molecular weight is 841 g/mol. The van der Waals surface area contributed by atoms with Crippen molar-refractivity contribution in [2.24, 2.45) is 23.7 Å². The van der Waals surface area contributed by atoms with Crippen LogP contribution in [0.15, 0.2) is 78.9 Å². The van der Waals surface area contributed by atoms with E-state index in [1.54, 1.807) is 6.07 Å². The molecule has 0 unspecified atom stereocenters. The predicted molar refractivity (Wildman–Crippen MR) is 242 cm³/mol. The van der Waals surface area contributed by atoms with Crippen molar-refractivity contribution in [1.29, 1.82) is 0 Å². The molecular formula is C53H74F6O. The lowest BCUT2D eigenvalue weighted by Crippen LogP contribution is -2.38. The molecule has 2 saturated carbocycles. The van der Waals surface area contributed by atoms with Crippen LogP contribution < -0.4 is 4.74 Å². The maximum Gasteiger partial charge on any atom is 0.400 e. The lowest BCUT2D eigenvalue weighted by atomic mass is 9.68. The summed E-state index contributed by atoms with van der Waals surface area (Å²) in [5.41, 5.74) is 6.21. The van der Waals surface area contributed by atoms with E-state index in [0.29, 0.717) is 42.4 Å². The summed E-state index contributed by atoms with van der Waals surface area (Å²) in [4.78, 5) is 0. The monoisotopic (exact) mass is 841 g/mol. The Labute approximate surface area is 359 Å². The van der Waals surface area contributed by atoms with Gasteiger partial charge in [0.15, 0.2) is 17.5 Å². The Morgan fingerprint density at radius 3 is 1.53 bits per heavy atom. The van der Waals surface area contributed by atoms with Gasteiger partial charge in [-0.3, -0.25) is 0 Å². The molecule has 0 spiro atoms. The van der Waals surface area contributed by atoms with Crippen LogP contribution in [0.3, 0.4) is 0 Å². The van der Waals surface area contributed by atoms with Crippen molar-refractivity contribution in [1.82, 2.24) is 0 Å². The molecule has 0 N–H and O–H groups in total. The van der Waals surface area contributed by atoms with E-state index in [0.717, 1.165) is 48.3 Å². The third-order valence-corrected chi connectivity index (χ3v) is 11.7. The molecule has 60 heavy (non-hydrogen) atoms. The Morgan fingerprint density at radius 1 is 0.533 bits per heavy atom. The minimum Gasteiger partial charge on any atom is -0.432 e. The summed E-state index contributed by atoms with van der Waals surface area (Å²) in [5, 5.41) is 0. The van der Waals surface area contributed by atoms with Crippen LogP contribution in [0.5, 0.6) is 5.75 Å². The summed E-state index contributed by atoms with van der Waals surface area (Å²) in [6, 6.07) is 23.2. The number of unbranched alkanes of at least 4 members (excludes halogenated alkanes) is 2. The van der Waals surface area contributed by atoms with E-state index < -0.39 is 35.2 Å². The fraction of sp³-hybridized carbons (Fsp3) is 0.547. The van der Waals surface area contributed by atoms with Crippen LogP contribution in [0, 0.1) is 46.9 Å². The van der Waals surface area contributed by atoms with Gasteiger partial charge in [0.1, 0.15) is 11.6 Å². The van der Waals surface area contributed by atoms with Crippen molar-refractivity contribution in [2.45, 2.75) is 165 Å². The van der Waals surface area contributed by atoms with Crippen LogP contribution in [0.1, 0.15) is 157 Å². The van der Waals surface area contributed by atoms with Gasteiger partial charge in [-0.05, 0) is 109 Å². The number of ether oxygens (including phenoxy) is 1. The van der Waals surface area contributed by atoms with Gasteiger partial charge in [0.2, 0.25) is 0 Å². The van der Waals surface area contributed by atoms with Crippen molar-refractivity contribution in [3.05, 3.63) is 113 Å². The minimum atomic E-state index is -3.53. The second-order valence-corrected chi connectivity index (χ2v) is 15.4. The molecule has 4 aromatic carbocycles. The first-order chi connectivity index (χ1) is 29.0. The first-order valence-corrected chi connectivity index (χ1v) is 23.2. The molecule has 4 aromatic rings. The van der Waals surface area contributed by atoms with Crippen LogP contribution >= 0.6 is 0 Å². The van der Waals surface area contributed by atoms with Crippen LogP contribution in [0.4, 0.5) is 26.3 Å². The van der Waals surface area contributed by atoms with E-state index in [9.17, 15) is 26.3 Å². The Kier molecular flexibility index (Phi) is 24.4. The standard InChI is InChI=1S/C25H27F.C22H29F5O.3C2H6/c1-3-5-6-7-20-10-14-22(15-11-20)24-17-16-23(18-25(24)26)21-12-8-19(4-2)9-13-21;1-2-3-14-4-6-15(7-5-14)16-8-10-17(11-9-16)22(26,27)28-18-12-19(23)21(25)20(24)13-18;3*1-2/h8-18H,3-7H2,1-2H3;12-17H,2-11H2,1H3;3*1-2H3. The molecule has 0 amide bonds. The third kappa shape index (κ3) is 15.9. The highest BCUT2D eigenvalue weighted by Gasteiger charge is 2.45. The highest BCUT2D eigenvalue weighted by molar-refractivity contribution is 5.71. The number of aryl methyl sites for hydroxylation is 2. The smallest absolute Gasteiger partial charge is 0.400 e. The topological polar surface area (TPSA) is 9.23 Å². The van der Waals surface area contributed by atoms with Crippen LogP contribution in [0.25, 0.3) is 22.3 Å². The number of hydrogen-bond acceptors (Lipinski definition) is 1. The molecule has 0 bridgehead atoms. The number of benzene rings is 4. The quantitative estimate of drug-likeness (QED) is 0.0740. The Hall–Kier alpha value is -3.74. The van der Waals surface area contributed by atoms with Crippen LogP contribution in [-0.2, 0) is 12.8 Å². The summed E-state index contributed by atoms with van der Waals surface area (Å²) >= 11 is 0. The van der Waals surface area contributed by atoms with Crippen molar-refractivity contribution in [2.75, 3.05) is 0 Å². The molecule has 1 nitrogen and oxygen atoms in total. The largest absolute Gasteiger partial charge is 0.432 e. The second-order valence-electron chi connectivity index (χ2n) is 15.4. The molecule has 0 aliphatic heterocycles. The fourth-order valence-corrected chi connectivity index (χ4v) is 8.41. The van der Waals surface area contributed by atoms with E-state index in [4.69, 9.17) is 0 Å². The lowest BCUT2D eigenvalue weighted by molar-refractivity contribution is -0.224.